The summed E-state index contributed by atoms with van der Waals surface area (Å²) in [6.07, 6.45) is -15.9. The topological polar surface area (TPSA) is 269 Å². The van der Waals surface area contributed by atoms with Crippen molar-refractivity contribution in [2.45, 2.75) is 61.2 Å². The molecular formula is C28H32O16. The Kier molecular flexibility index (Phi) is 9.01. The van der Waals surface area contributed by atoms with Crippen molar-refractivity contribution in [2.24, 2.45) is 0 Å². The van der Waals surface area contributed by atoms with Gasteiger partial charge in [-0.05, 0) is 18.2 Å². The van der Waals surface area contributed by atoms with Crippen LogP contribution in [-0.4, -0.2) is 127 Å². The second-order valence-corrected chi connectivity index (χ2v) is 10.4. The van der Waals surface area contributed by atoms with Gasteiger partial charge in [-0.15, -0.1) is 0 Å². The van der Waals surface area contributed by atoms with Crippen LogP contribution in [0.4, 0.5) is 0 Å². The van der Waals surface area contributed by atoms with Gasteiger partial charge in [0.05, 0.1) is 25.9 Å². The lowest BCUT2D eigenvalue weighted by Crippen LogP contribution is -2.60. The number of aliphatic hydroxyl groups excluding tert-OH is 8. The molecule has 0 saturated carbocycles. The molecule has 1 aromatic heterocycles. The Labute approximate surface area is 247 Å². The lowest BCUT2D eigenvalue weighted by molar-refractivity contribution is -0.277. The summed E-state index contributed by atoms with van der Waals surface area (Å²) < 4.78 is 27.6. The lowest BCUT2D eigenvalue weighted by atomic mass is 9.89. The number of benzene rings is 2. The van der Waals surface area contributed by atoms with Crippen LogP contribution in [0.3, 0.4) is 0 Å². The first kappa shape index (κ1) is 31.9. The minimum atomic E-state index is -1.84. The van der Waals surface area contributed by atoms with Crippen molar-refractivity contribution in [3.8, 4) is 34.3 Å². The van der Waals surface area contributed by atoms with Crippen molar-refractivity contribution in [2.75, 3.05) is 20.3 Å². The number of rotatable bonds is 7. The zero-order valence-electron chi connectivity index (χ0n) is 23.0. The molecule has 2 aromatic carbocycles. The van der Waals surface area contributed by atoms with Crippen molar-refractivity contribution in [3.05, 3.63) is 46.1 Å². The summed E-state index contributed by atoms with van der Waals surface area (Å²) in [4.78, 5) is 13.2. The average molecular weight is 625 g/mol. The van der Waals surface area contributed by atoms with Gasteiger partial charge in [-0.3, -0.25) is 4.79 Å². The summed E-state index contributed by atoms with van der Waals surface area (Å²) in [6, 6.07) is 6.23. The highest BCUT2D eigenvalue weighted by Gasteiger charge is 2.47. The van der Waals surface area contributed by atoms with E-state index < -0.39 is 102 Å². The SMILES string of the molecule is COc1cc(-c2cc(=O)c3c(O)c(C4OC(CO)C(O)C(O)C4O)c(O)cc3o2)ccc1OC1OC(CO)C(O)C(O)C1O. The van der Waals surface area contributed by atoms with Crippen LogP contribution in [0.2, 0.25) is 0 Å². The Morgan fingerprint density at radius 2 is 1.41 bits per heavy atom. The summed E-state index contributed by atoms with van der Waals surface area (Å²) in [7, 11) is 1.30. The van der Waals surface area contributed by atoms with Crippen LogP contribution in [0.1, 0.15) is 11.7 Å². The molecule has 3 aromatic rings. The van der Waals surface area contributed by atoms with Gasteiger partial charge in [0, 0.05) is 17.7 Å². The predicted molar refractivity (Wildman–Crippen MR) is 145 cm³/mol. The van der Waals surface area contributed by atoms with E-state index in [1.807, 2.05) is 0 Å². The Balaban J connectivity index is 1.48. The third-order valence-electron chi connectivity index (χ3n) is 7.73. The molecule has 5 rings (SSSR count). The second-order valence-electron chi connectivity index (χ2n) is 10.4. The van der Waals surface area contributed by atoms with Crippen LogP contribution < -0.4 is 14.9 Å². The van der Waals surface area contributed by atoms with E-state index in [-0.39, 0.29) is 28.4 Å². The number of ether oxygens (including phenoxy) is 4. The van der Waals surface area contributed by atoms with Crippen LogP contribution in [0.15, 0.2) is 39.5 Å². The highest BCUT2D eigenvalue weighted by Crippen LogP contribution is 2.45. The fourth-order valence-corrected chi connectivity index (χ4v) is 5.28. The third kappa shape index (κ3) is 5.45. The number of hydrogen-bond acceptors (Lipinski definition) is 16. The average Bonchev–Trinajstić information content (AvgIpc) is 3.00. The van der Waals surface area contributed by atoms with Gasteiger partial charge in [-0.2, -0.15) is 0 Å². The lowest BCUT2D eigenvalue weighted by Gasteiger charge is -2.40. The van der Waals surface area contributed by atoms with Crippen LogP contribution >= 0.6 is 0 Å². The number of methoxy groups -OCH3 is 1. The number of fused-ring (bicyclic) bond motifs is 1. The molecule has 16 nitrogen and oxygen atoms in total. The van der Waals surface area contributed by atoms with Gasteiger partial charge in [-0.25, -0.2) is 0 Å². The molecule has 0 amide bonds. The fourth-order valence-electron chi connectivity index (χ4n) is 5.28. The zero-order valence-corrected chi connectivity index (χ0v) is 23.0. The van der Waals surface area contributed by atoms with Gasteiger partial charge < -0.3 is 74.4 Å². The molecule has 2 saturated heterocycles. The van der Waals surface area contributed by atoms with E-state index in [2.05, 4.69) is 0 Å². The number of aliphatic hydroxyl groups is 8. The van der Waals surface area contributed by atoms with Crippen molar-refractivity contribution < 1.29 is 74.4 Å². The summed E-state index contributed by atoms with van der Waals surface area (Å²) in [5, 5.41) is 101. The number of phenolic OH excluding ortho intramolecular Hbond substituents is 2. The molecule has 2 aliphatic rings. The Morgan fingerprint density at radius 1 is 0.773 bits per heavy atom. The van der Waals surface area contributed by atoms with Gasteiger partial charge in [-0.1, -0.05) is 0 Å². The molecule has 0 bridgehead atoms. The van der Waals surface area contributed by atoms with Gasteiger partial charge in [0.1, 0.15) is 83.2 Å². The standard InChI is InChI=1S/C28H32O16/c1-40-14-4-9(2-3-12(14)43-28-26(39)24(37)21(34)17(8-30)44-28)13-5-10(31)18-15(41-13)6-11(32)19(22(18)35)27-25(38)23(36)20(33)16(7-29)42-27/h2-6,16-17,20-21,23-30,32-39H,7-8H2,1H3. The third-order valence-corrected chi connectivity index (χ3v) is 7.73. The van der Waals surface area contributed by atoms with E-state index in [0.717, 1.165) is 12.1 Å². The Hall–Kier alpha value is -3.55. The predicted octanol–water partition coefficient (Wildman–Crippen LogP) is -2.43. The van der Waals surface area contributed by atoms with Crippen LogP contribution in [0.25, 0.3) is 22.3 Å². The maximum absolute atomic E-state index is 13.2. The molecule has 2 fully saturated rings. The van der Waals surface area contributed by atoms with E-state index in [4.69, 9.17) is 23.4 Å². The molecule has 16 heteroatoms. The van der Waals surface area contributed by atoms with E-state index in [1.54, 1.807) is 0 Å². The summed E-state index contributed by atoms with van der Waals surface area (Å²) in [5.74, 6) is -1.46. The van der Waals surface area contributed by atoms with Crippen molar-refractivity contribution in [1.29, 1.82) is 0 Å². The van der Waals surface area contributed by atoms with Crippen molar-refractivity contribution >= 4 is 11.0 Å². The highest BCUT2D eigenvalue weighted by molar-refractivity contribution is 5.88. The highest BCUT2D eigenvalue weighted by atomic mass is 16.7. The van der Waals surface area contributed by atoms with Crippen LogP contribution in [0, 0.1) is 0 Å². The first-order chi connectivity index (χ1) is 20.9. The van der Waals surface area contributed by atoms with Crippen molar-refractivity contribution in [3.63, 3.8) is 0 Å². The molecule has 10 unspecified atom stereocenters. The quantitative estimate of drug-likeness (QED) is 0.131. The minimum Gasteiger partial charge on any atom is -0.507 e. The molecule has 240 valence electrons. The Morgan fingerprint density at radius 3 is 2.05 bits per heavy atom. The maximum atomic E-state index is 13.2. The smallest absolute Gasteiger partial charge is 0.229 e. The molecule has 0 spiro atoms. The molecule has 10 N–H and O–H groups in total. The van der Waals surface area contributed by atoms with E-state index in [9.17, 15) is 55.9 Å². The molecule has 10 atom stereocenters. The summed E-state index contributed by atoms with van der Waals surface area (Å²) >= 11 is 0. The van der Waals surface area contributed by atoms with E-state index in [0.29, 0.717) is 0 Å². The monoisotopic (exact) mass is 624 g/mol. The van der Waals surface area contributed by atoms with E-state index in [1.165, 1.54) is 25.3 Å². The van der Waals surface area contributed by atoms with Gasteiger partial charge in [0.25, 0.3) is 0 Å². The van der Waals surface area contributed by atoms with E-state index >= 15 is 0 Å². The molecule has 2 aliphatic heterocycles. The van der Waals surface area contributed by atoms with Gasteiger partial charge in [0.15, 0.2) is 16.9 Å². The summed E-state index contributed by atoms with van der Waals surface area (Å²) in [5.41, 5.74) is -1.24. The van der Waals surface area contributed by atoms with Gasteiger partial charge in [0.2, 0.25) is 6.29 Å². The number of phenols is 2. The van der Waals surface area contributed by atoms with Crippen LogP contribution in [0.5, 0.6) is 23.0 Å². The normalized spacial score (nSPS) is 32.5. The van der Waals surface area contributed by atoms with Gasteiger partial charge >= 0.3 is 0 Å². The maximum Gasteiger partial charge on any atom is 0.229 e. The molecule has 3 heterocycles. The molecular weight excluding hydrogens is 592 g/mol. The van der Waals surface area contributed by atoms with Crippen LogP contribution in [-0.2, 0) is 9.47 Å². The zero-order chi connectivity index (χ0) is 32.0. The number of hydrogen-bond donors (Lipinski definition) is 10. The largest absolute Gasteiger partial charge is 0.507 e. The molecule has 44 heavy (non-hydrogen) atoms. The minimum absolute atomic E-state index is 0.0168. The van der Waals surface area contributed by atoms with Crippen molar-refractivity contribution in [1.82, 2.24) is 0 Å². The number of aromatic hydroxyl groups is 2. The molecule has 0 aliphatic carbocycles. The first-order valence-electron chi connectivity index (χ1n) is 13.4. The first-order valence-corrected chi connectivity index (χ1v) is 13.4. The second kappa shape index (κ2) is 12.4. The summed E-state index contributed by atoms with van der Waals surface area (Å²) in [6.45, 7) is -1.41. The Bertz CT molecular complexity index is 1550. The molecule has 0 radical (unpaired) electrons. The fraction of sp³-hybridized carbons (Fsp3) is 0.464.